The summed E-state index contributed by atoms with van der Waals surface area (Å²) in [6.07, 6.45) is 2.72. The lowest BCUT2D eigenvalue weighted by molar-refractivity contribution is 0.411. The second-order valence-corrected chi connectivity index (χ2v) is 17.9. The van der Waals surface area contributed by atoms with E-state index in [2.05, 4.69) is 100.0 Å². The van der Waals surface area contributed by atoms with E-state index in [0.717, 1.165) is 39.1 Å². The molecule has 0 amide bonds. The minimum absolute atomic E-state index is 0.236. The standard InChI is InChI=1S/C30H30N2OSSi/c1-30(2,3)16-18-11-12-23-22(13-18)28-27(33-23)26-29(34-28)25(31-17-32-26)20-14-19-9-7-8-10-21(19)24(15-20)35(4,5)6/h7-15,17H,16H2,1-6H3. The molecule has 0 bridgehead atoms. The number of benzene rings is 3. The van der Waals surface area contributed by atoms with Gasteiger partial charge in [0.1, 0.15) is 17.4 Å². The molecule has 0 aliphatic heterocycles. The minimum atomic E-state index is -1.57. The van der Waals surface area contributed by atoms with E-state index in [4.69, 9.17) is 9.40 Å². The van der Waals surface area contributed by atoms with Gasteiger partial charge in [-0.1, -0.05) is 82.0 Å². The Hall–Kier alpha value is -3.02. The molecule has 0 saturated heterocycles. The van der Waals surface area contributed by atoms with Crippen LogP contribution in [-0.2, 0) is 6.42 Å². The van der Waals surface area contributed by atoms with Crippen LogP contribution in [-0.4, -0.2) is 18.0 Å². The van der Waals surface area contributed by atoms with Gasteiger partial charge in [-0.2, -0.15) is 0 Å². The second kappa shape index (κ2) is 7.74. The summed E-state index contributed by atoms with van der Waals surface area (Å²) in [6, 6.07) is 20.0. The minimum Gasteiger partial charge on any atom is -0.453 e. The van der Waals surface area contributed by atoms with Crippen molar-refractivity contribution in [2.24, 2.45) is 5.41 Å². The van der Waals surface area contributed by atoms with Crippen LogP contribution in [0, 0.1) is 5.41 Å². The van der Waals surface area contributed by atoms with Gasteiger partial charge in [0.05, 0.1) is 23.2 Å². The molecule has 0 aliphatic carbocycles. The van der Waals surface area contributed by atoms with Gasteiger partial charge in [-0.3, -0.25) is 0 Å². The van der Waals surface area contributed by atoms with E-state index < -0.39 is 8.07 Å². The van der Waals surface area contributed by atoms with Gasteiger partial charge in [0, 0.05) is 10.9 Å². The van der Waals surface area contributed by atoms with Gasteiger partial charge in [-0.05, 0) is 46.4 Å². The molecule has 0 atom stereocenters. The Kier molecular flexibility index (Phi) is 4.96. The van der Waals surface area contributed by atoms with Gasteiger partial charge < -0.3 is 4.42 Å². The maximum atomic E-state index is 6.36. The van der Waals surface area contributed by atoms with Gasteiger partial charge in [0.15, 0.2) is 5.58 Å². The predicted octanol–water partition coefficient (Wildman–Crippen LogP) is 8.54. The molecular weight excluding hydrogens is 464 g/mol. The molecule has 0 saturated carbocycles. The van der Waals surface area contributed by atoms with Gasteiger partial charge in [-0.15, -0.1) is 11.3 Å². The molecule has 3 nitrogen and oxygen atoms in total. The van der Waals surface area contributed by atoms with E-state index in [1.54, 1.807) is 17.7 Å². The first kappa shape index (κ1) is 22.4. The molecule has 0 unspecified atom stereocenters. The second-order valence-electron chi connectivity index (χ2n) is 11.8. The molecule has 6 aromatic rings. The van der Waals surface area contributed by atoms with Crippen molar-refractivity contribution >= 4 is 66.8 Å². The first-order valence-corrected chi connectivity index (χ1v) is 16.5. The van der Waals surface area contributed by atoms with Crippen LogP contribution in [0.5, 0.6) is 0 Å². The zero-order valence-electron chi connectivity index (χ0n) is 21.2. The fraction of sp³-hybridized carbons (Fsp3) is 0.267. The molecule has 0 aliphatic rings. The van der Waals surface area contributed by atoms with Crippen LogP contribution < -0.4 is 5.19 Å². The highest BCUT2D eigenvalue weighted by Gasteiger charge is 2.23. The van der Waals surface area contributed by atoms with Crippen LogP contribution >= 0.6 is 11.3 Å². The molecule has 5 heteroatoms. The van der Waals surface area contributed by atoms with E-state index in [9.17, 15) is 0 Å². The summed E-state index contributed by atoms with van der Waals surface area (Å²) in [6.45, 7) is 14.1. The van der Waals surface area contributed by atoms with Gasteiger partial charge in [0.2, 0.25) is 0 Å². The van der Waals surface area contributed by atoms with Crippen molar-refractivity contribution in [1.82, 2.24) is 9.97 Å². The third-order valence-electron chi connectivity index (χ3n) is 6.61. The van der Waals surface area contributed by atoms with E-state index in [1.165, 1.54) is 31.6 Å². The Balaban J connectivity index is 1.60. The predicted molar refractivity (Wildman–Crippen MR) is 154 cm³/mol. The van der Waals surface area contributed by atoms with Crippen LogP contribution in [0.3, 0.4) is 0 Å². The fourth-order valence-electron chi connectivity index (χ4n) is 5.11. The lowest BCUT2D eigenvalue weighted by Crippen LogP contribution is -2.38. The topological polar surface area (TPSA) is 38.9 Å². The van der Waals surface area contributed by atoms with Gasteiger partial charge >= 0.3 is 0 Å². The van der Waals surface area contributed by atoms with Crippen molar-refractivity contribution in [3.8, 4) is 11.3 Å². The van der Waals surface area contributed by atoms with Crippen LogP contribution in [0.15, 0.2) is 65.3 Å². The normalized spacial score (nSPS) is 13.0. The molecule has 3 aromatic heterocycles. The largest absolute Gasteiger partial charge is 0.453 e. The number of fused-ring (bicyclic) bond motifs is 6. The van der Waals surface area contributed by atoms with Crippen molar-refractivity contribution < 1.29 is 4.42 Å². The maximum absolute atomic E-state index is 6.36. The average molecular weight is 495 g/mol. The Morgan fingerprint density at radius 2 is 1.69 bits per heavy atom. The molecule has 176 valence electrons. The lowest BCUT2D eigenvalue weighted by Gasteiger charge is -2.21. The summed E-state index contributed by atoms with van der Waals surface area (Å²) in [5.41, 5.74) is 6.45. The quantitative estimate of drug-likeness (QED) is 0.231. The highest BCUT2D eigenvalue weighted by atomic mass is 32.1. The average Bonchev–Trinajstić information content (AvgIpc) is 3.33. The van der Waals surface area contributed by atoms with Gasteiger partial charge in [-0.25, -0.2) is 9.97 Å². The highest BCUT2D eigenvalue weighted by Crippen LogP contribution is 2.43. The third-order valence-corrected chi connectivity index (χ3v) is 9.84. The zero-order chi connectivity index (χ0) is 24.5. The van der Waals surface area contributed by atoms with Crippen molar-refractivity contribution in [2.45, 2.75) is 46.8 Å². The fourth-order valence-corrected chi connectivity index (χ4v) is 7.95. The molecule has 0 N–H and O–H groups in total. The maximum Gasteiger partial charge on any atom is 0.172 e. The molecule has 3 heterocycles. The number of thiophene rings is 1. The number of hydrogen-bond donors (Lipinski definition) is 0. The highest BCUT2D eigenvalue weighted by molar-refractivity contribution is 7.27. The Morgan fingerprint density at radius 3 is 2.46 bits per heavy atom. The van der Waals surface area contributed by atoms with Crippen LogP contribution in [0.2, 0.25) is 19.6 Å². The first-order chi connectivity index (χ1) is 16.6. The molecule has 35 heavy (non-hydrogen) atoms. The molecule has 6 rings (SSSR count). The van der Waals surface area contributed by atoms with E-state index in [1.807, 2.05) is 0 Å². The molecule has 0 spiro atoms. The van der Waals surface area contributed by atoms with Crippen LogP contribution in [0.25, 0.3) is 53.5 Å². The smallest absolute Gasteiger partial charge is 0.172 e. The molecule has 0 radical (unpaired) electrons. The first-order valence-electron chi connectivity index (χ1n) is 12.2. The summed E-state index contributed by atoms with van der Waals surface area (Å²) in [7, 11) is -1.57. The Morgan fingerprint density at radius 1 is 0.886 bits per heavy atom. The monoisotopic (exact) mass is 494 g/mol. The van der Waals surface area contributed by atoms with Crippen molar-refractivity contribution in [1.29, 1.82) is 0 Å². The Bertz CT molecular complexity index is 1750. The van der Waals surface area contributed by atoms with E-state index in [0.29, 0.717) is 0 Å². The number of aromatic nitrogens is 2. The molecule has 0 fully saturated rings. The summed E-state index contributed by atoms with van der Waals surface area (Å²) in [4.78, 5) is 9.48. The lowest BCUT2D eigenvalue weighted by atomic mass is 9.88. The third kappa shape index (κ3) is 3.87. The number of furan rings is 1. The SMILES string of the molecule is CC(C)(C)Cc1ccc2oc3c4ncnc(-c5cc([Si](C)(C)C)c6ccccc6c5)c4sc3c2c1. The number of nitrogens with zero attached hydrogens (tertiary/aromatic N) is 2. The van der Waals surface area contributed by atoms with Gasteiger partial charge in [0.25, 0.3) is 0 Å². The van der Waals surface area contributed by atoms with E-state index in [-0.39, 0.29) is 5.41 Å². The summed E-state index contributed by atoms with van der Waals surface area (Å²) < 4.78 is 8.62. The number of hydrogen-bond acceptors (Lipinski definition) is 4. The molecular formula is C30H30N2OSSi. The van der Waals surface area contributed by atoms with Crippen LogP contribution in [0.4, 0.5) is 0 Å². The molecule has 3 aromatic carbocycles. The zero-order valence-corrected chi connectivity index (χ0v) is 23.0. The Labute approximate surface area is 210 Å². The van der Waals surface area contributed by atoms with Crippen molar-refractivity contribution in [3.05, 3.63) is 66.5 Å². The van der Waals surface area contributed by atoms with Crippen molar-refractivity contribution in [2.75, 3.05) is 0 Å². The van der Waals surface area contributed by atoms with Crippen molar-refractivity contribution in [3.63, 3.8) is 0 Å². The van der Waals surface area contributed by atoms with E-state index >= 15 is 0 Å². The summed E-state index contributed by atoms with van der Waals surface area (Å²) in [5, 5.41) is 5.27. The number of rotatable bonds is 3. The van der Waals surface area contributed by atoms with Crippen LogP contribution in [0.1, 0.15) is 26.3 Å². The summed E-state index contributed by atoms with van der Waals surface area (Å²) in [5.74, 6) is 0. The summed E-state index contributed by atoms with van der Waals surface area (Å²) >= 11 is 1.76.